The van der Waals surface area contributed by atoms with Crippen LogP contribution in [0.25, 0.3) is 0 Å². The SMILES string of the molecule is Cc1cc(=O)n(C(C)c2ccccc2)c(=O)[nH]1. The minimum absolute atomic E-state index is 0.270. The molecule has 1 atom stereocenters. The van der Waals surface area contributed by atoms with Crippen LogP contribution >= 0.6 is 0 Å². The van der Waals surface area contributed by atoms with Crippen LogP contribution in [0.4, 0.5) is 0 Å². The zero-order valence-electron chi connectivity index (χ0n) is 9.81. The molecule has 0 bridgehead atoms. The average molecular weight is 230 g/mol. The highest BCUT2D eigenvalue weighted by atomic mass is 16.2. The van der Waals surface area contributed by atoms with Crippen molar-refractivity contribution in [3.63, 3.8) is 0 Å². The van der Waals surface area contributed by atoms with Crippen molar-refractivity contribution < 1.29 is 0 Å². The van der Waals surface area contributed by atoms with Crippen LogP contribution in [0.15, 0.2) is 46.0 Å². The van der Waals surface area contributed by atoms with Gasteiger partial charge in [0, 0.05) is 11.8 Å². The third-order valence-electron chi connectivity index (χ3n) is 2.77. The third kappa shape index (κ3) is 2.20. The molecule has 4 nitrogen and oxygen atoms in total. The highest BCUT2D eigenvalue weighted by Crippen LogP contribution is 2.13. The Hall–Kier alpha value is -2.10. The topological polar surface area (TPSA) is 54.9 Å². The largest absolute Gasteiger partial charge is 0.329 e. The molecule has 0 spiro atoms. The molecule has 0 aliphatic carbocycles. The van der Waals surface area contributed by atoms with Gasteiger partial charge in [0.05, 0.1) is 6.04 Å². The predicted molar refractivity (Wildman–Crippen MR) is 66.3 cm³/mol. The van der Waals surface area contributed by atoms with Gasteiger partial charge in [-0.3, -0.25) is 9.36 Å². The van der Waals surface area contributed by atoms with E-state index in [1.165, 1.54) is 10.6 Å². The van der Waals surface area contributed by atoms with Crippen molar-refractivity contribution in [3.8, 4) is 0 Å². The fraction of sp³-hybridized carbons (Fsp3) is 0.231. The molecule has 1 unspecified atom stereocenters. The van der Waals surface area contributed by atoms with Gasteiger partial charge in [-0.2, -0.15) is 0 Å². The molecular formula is C13H14N2O2. The molecule has 2 rings (SSSR count). The number of nitrogens with zero attached hydrogens (tertiary/aromatic N) is 1. The van der Waals surface area contributed by atoms with Crippen LogP contribution in [0.1, 0.15) is 24.2 Å². The van der Waals surface area contributed by atoms with E-state index in [0.717, 1.165) is 5.56 Å². The maximum Gasteiger partial charge on any atom is 0.329 e. The van der Waals surface area contributed by atoms with Gasteiger partial charge in [0.1, 0.15) is 0 Å². The first-order valence-corrected chi connectivity index (χ1v) is 5.47. The van der Waals surface area contributed by atoms with E-state index in [9.17, 15) is 9.59 Å². The van der Waals surface area contributed by atoms with Crippen LogP contribution in [0, 0.1) is 6.92 Å². The number of benzene rings is 1. The van der Waals surface area contributed by atoms with E-state index in [2.05, 4.69) is 4.98 Å². The van der Waals surface area contributed by atoms with E-state index in [-0.39, 0.29) is 17.3 Å². The molecule has 1 N–H and O–H groups in total. The third-order valence-corrected chi connectivity index (χ3v) is 2.77. The van der Waals surface area contributed by atoms with Gasteiger partial charge in [-0.05, 0) is 19.4 Å². The summed E-state index contributed by atoms with van der Waals surface area (Å²) in [5, 5.41) is 0. The first kappa shape index (κ1) is 11.4. The van der Waals surface area contributed by atoms with Crippen molar-refractivity contribution in [1.29, 1.82) is 0 Å². The Balaban J connectivity index is 2.56. The van der Waals surface area contributed by atoms with Crippen molar-refractivity contribution in [2.45, 2.75) is 19.9 Å². The number of H-pyrrole nitrogens is 1. The summed E-state index contributed by atoms with van der Waals surface area (Å²) in [5.74, 6) is 0. The van der Waals surface area contributed by atoms with Crippen LogP contribution in [0.2, 0.25) is 0 Å². The summed E-state index contributed by atoms with van der Waals surface area (Å²) >= 11 is 0. The molecule has 0 amide bonds. The van der Waals surface area contributed by atoms with Crippen molar-refractivity contribution in [2.75, 3.05) is 0 Å². The molecule has 0 saturated carbocycles. The smallest absolute Gasteiger partial charge is 0.311 e. The monoisotopic (exact) mass is 230 g/mol. The zero-order chi connectivity index (χ0) is 12.4. The Morgan fingerprint density at radius 2 is 1.82 bits per heavy atom. The first-order chi connectivity index (χ1) is 8.09. The molecule has 0 saturated heterocycles. The van der Waals surface area contributed by atoms with Gasteiger partial charge in [-0.25, -0.2) is 4.79 Å². The maximum absolute atomic E-state index is 11.8. The lowest BCUT2D eigenvalue weighted by atomic mass is 10.1. The number of aryl methyl sites for hydroxylation is 1. The van der Waals surface area contributed by atoms with Crippen molar-refractivity contribution in [1.82, 2.24) is 9.55 Å². The van der Waals surface area contributed by atoms with E-state index < -0.39 is 0 Å². The van der Waals surface area contributed by atoms with Crippen molar-refractivity contribution in [2.24, 2.45) is 0 Å². The van der Waals surface area contributed by atoms with Gasteiger partial charge in [0.15, 0.2) is 0 Å². The number of aromatic amines is 1. The van der Waals surface area contributed by atoms with Crippen LogP contribution in [-0.2, 0) is 0 Å². The van der Waals surface area contributed by atoms with Crippen molar-refractivity contribution >= 4 is 0 Å². The maximum atomic E-state index is 11.8. The molecule has 88 valence electrons. The summed E-state index contributed by atoms with van der Waals surface area (Å²) in [4.78, 5) is 26.2. The normalized spacial score (nSPS) is 12.4. The summed E-state index contributed by atoms with van der Waals surface area (Å²) < 4.78 is 1.22. The van der Waals surface area contributed by atoms with Gasteiger partial charge in [0.2, 0.25) is 0 Å². The average Bonchev–Trinajstić information content (AvgIpc) is 2.28. The Morgan fingerprint density at radius 3 is 2.41 bits per heavy atom. The van der Waals surface area contributed by atoms with Crippen LogP contribution in [0.3, 0.4) is 0 Å². The summed E-state index contributed by atoms with van der Waals surface area (Å²) in [7, 11) is 0. The molecule has 1 heterocycles. The van der Waals surface area contributed by atoms with Gasteiger partial charge < -0.3 is 4.98 Å². The Bertz CT molecular complexity index is 595. The Kier molecular flexibility index (Phi) is 2.95. The fourth-order valence-corrected chi connectivity index (χ4v) is 1.87. The molecule has 1 aromatic carbocycles. The van der Waals surface area contributed by atoms with Crippen LogP contribution in [-0.4, -0.2) is 9.55 Å². The second kappa shape index (κ2) is 4.41. The van der Waals surface area contributed by atoms with E-state index >= 15 is 0 Å². The highest BCUT2D eigenvalue weighted by molar-refractivity contribution is 5.19. The van der Waals surface area contributed by atoms with Crippen molar-refractivity contribution in [3.05, 3.63) is 68.5 Å². The molecule has 17 heavy (non-hydrogen) atoms. The van der Waals surface area contributed by atoms with E-state index in [1.807, 2.05) is 37.3 Å². The summed E-state index contributed by atoms with van der Waals surface area (Å²) in [6.07, 6.45) is 0. The predicted octanol–water partition coefficient (Wildman–Crippen LogP) is 1.45. The van der Waals surface area contributed by atoms with Gasteiger partial charge in [-0.1, -0.05) is 30.3 Å². The number of rotatable bonds is 2. The number of nitrogens with one attached hydrogen (secondary N) is 1. The molecule has 1 aromatic heterocycles. The summed E-state index contributed by atoms with van der Waals surface area (Å²) in [6.45, 7) is 3.53. The van der Waals surface area contributed by atoms with Crippen LogP contribution in [0.5, 0.6) is 0 Å². The molecular weight excluding hydrogens is 216 g/mol. The van der Waals surface area contributed by atoms with E-state index in [1.54, 1.807) is 6.92 Å². The second-order valence-corrected chi connectivity index (χ2v) is 4.05. The second-order valence-electron chi connectivity index (χ2n) is 4.05. The molecule has 2 aromatic rings. The minimum Gasteiger partial charge on any atom is -0.311 e. The number of hydrogen-bond acceptors (Lipinski definition) is 2. The Labute approximate surface area is 98.6 Å². The number of aromatic nitrogens is 2. The molecule has 0 aliphatic heterocycles. The van der Waals surface area contributed by atoms with E-state index in [0.29, 0.717) is 5.69 Å². The first-order valence-electron chi connectivity index (χ1n) is 5.47. The minimum atomic E-state index is -0.369. The van der Waals surface area contributed by atoms with Gasteiger partial charge in [-0.15, -0.1) is 0 Å². The lowest BCUT2D eigenvalue weighted by molar-refractivity contribution is 0.575. The van der Waals surface area contributed by atoms with Gasteiger partial charge in [0.25, 0.3) is 5.56 Å². The Morgan fingerprint density at radius 1 is 1.18 bits per heavy atom. The quantitative estimate of drug-likeness (QED) is 0.849. The van der Waals surface area contributed by atoms with Crippen LogP contribution < -0.4 is 11.2 Å². The molecule has 0 fully saturated rings. The highest BCUT2D eigenvalue weighted by Gasteiger charge is 2.12. The van der Waals surface area contributed by atoms with E-state index in [4.69, 9.17) is 0 Å². The standard InChI is InChI=1S/C13H14N2O2/c1-9-8-12(16)15(13(17)14-9)10(2)11-6-4-3-5-7-11/h3-8,10H,1-2H3,(H,14,17). The lowest BCUT2D eigenvalue weighted by Gasteiger charge is -2.14. The zero-order valence-corrected chi connectivity index (χ0v) is 9.81. The number of hydrogen-bond donors (Lipinski definition) is 1. The fourth-order valence-electron chi connectivity index (χ4n) is 1.87. The molecule has 0 radical (unpaired) electrons. The lowest BCUT2D eigenvalue weighted by Crippen LogP contribution is -2.37. The summed E-state index contributed by atoms with van der Waals surface area (Å²) in [5.41, 5.74) is 0.870. The molecule has 4 heteroatoms. The van der Waals surface area contributed by atoms with Gasteiger partial charge >= 0.3 is 5.69 Å². The molecule has 0 aliphatic rings. The summed E-state index contributed by atoms with van der Waals surface area (Å²) in [6, 6.07) is 10.6.